The fourth-order valence-electron chi connectivity index (χ4n) is 2.06. The van der Waals surface area contributed by atoms with Crippen LogP contribution < -0.4 is 0 Å². The molecule has 3 nitrogen and oxygen atoms in total. The van der Waals surface area contributed by atoms with Gasteiger partial charge in [-0.2, -0.15) is 0 Å². The van der Waals surface area contributed by atoms with Crippen LogP contribution in [0.25, 0.3) is 0 Å². The lowest BCUT2D eigenvalue weighted by Gasteiger charge is -2.20. The van der Waals surface area contributed by atoms with Gasteiger partial charge >= 0.3 is 0 Å². The normalized spacial score (nSPS) is 21.1. The molecule has 0 aliphatic carbocycles. The zero-order chi connectivity index (χ0) is 15.9. The fraction of sp³-hybridized carbons (Fsp3) is 1.00. The first kappa shape index (κ1) is 29.8. The van der Waals surface area contributed by atoms with E-state index in [-0.39, 0.29) is 20.6 Å². The van der Waals surface area contributed by atoms with Gasteiger partial charge in [0, 0.05) is 13.2 Å². The molecular weight excluding hydrogens is 276 g/mol. The summed E-state index contributed by atoms with van der Waals surface area (Å²) in [5, 5.41) is 0. The van der Waals surface area contributed by atoms with Gasteiger partial charge in [-0.25, -0.2) is 0 Å². The molecule has 140 valence electrons. The predicted molar refractivity (Wildman–Crippen MR) is 101 cm³/mol. The van der Waals surface area contributed by atoms with E-state index in [9.17, 15) is 0 Å². The van der Waals surface area contributed by atoms with E-state index in [1.54, 1.807) is 0 Å². The van der Waals surface area contributed by atoms with Crippen molar-refractivity contribution in [1.29, 1.82) is 0 Å². The number of ether oxygens (including phenoxy) is 3. The maximum Gasteiger partial charge on any atom is 0.162 e. The van der Waals surface area contributed by atoms with Crippen molar-refractivity contribution in [2.45, 2.75) is 94.8 Å². The van der Waals surface area contributed by atoms with Gasteiger partial charge in [0.05, 0.1) is 13.2 Å². The zero-order valence-corrected chi connectivity index (χ0v) is 15.0. The second-order valence-electron chi connectivity index (χ2n) is 4.97. The Kier molecular flexibility index (Phi) is 28.3. The summed E-state index contributed by atoms with van der Waals surface area (Å²) in [4.78, 5) is 0. The topological polar surface area (TPSA) is 27.7 Å². The maximum absolute atomic E-state index is 5.33. The third-order valence-electron chi connectivity index (χ3n) is 2.93. The summed E-state index contributed by atoms with van der Waals surface area (Å²) in [5.41, 5.74) is 0. The van der Waals surface area contributed by atoms with Crippen molar-refractivity contribution in [2.24, 2.45) is 5.92 Å². The predicted octanol–water partition coefficient (Wildman–Crippen LogP) is 6.31. The van der Waals surface area contributed by atoms with Gasteiger partial charge in [-0.1, -0.05) is 55.9 Å². The van der Waals surface area contributed by atoms with E-state index < -0.39 is 0 Å². The zero-order valence-electron chi connectivity index (χ0n) is 15.0. The summed E-state index contributed by atoms with van der Waals surface area (Å²) in [6.45, 7) is 17.6. The molecule has 0 aromatic carbocycles. The van der Waals surface area contributed by atoms with Crippen molar-refractivity contribution in [1.82, 2.24) is 0 Å². The summed E-state index contributed by atoms with van der Waals surface area (Å²) < 4.78 is 15.6. The van der Waals surface area contributed by atoms with Crippen molar-refractivity contribution >= 4 is 0 Å². The van der Waals surface area contributed by atoms with E-state index in [0.717, 1.165) is 32.3 Å². The molecule has 2 aliphatic heterocycles. The highest BCUT2D eigenvalue weighted by molar-refractivity contribution is 4.61. The second-order valence-corrected chi connectivity index (χ2v) is 4.97. The van der Waals surface area contributed by atoms with E-state index in [0.29, 0.717) is 0 Å². The van der Waals surface area contributed by atoms with Crippen molar-refractivity contribution in [2.75, 3.05) is 26.4 Å². The molecule has 0 spiro atoms. The van der Waals surface area contributed by atoms with E-state index in [4.69, 9.17) is 14.2 Å². The molecule has 2 aliphatic rings. The van der Waals surface area contributed by atoms with Gasteiger partial charge in [-0.05, 0) is 39.0 Å². The Labute approximate surface area is 142 Å². The summed E-state index contributed by atoms with van der Waals surface area (Å²) in [6.07, 6.45) is 5.35. The van der Waals surface area contributed by atoms with Gasteiger partial charge in [0.15, 0.2) is 5.79 Å². The first-order valence-electron chi connectivity index (χ1n) is 8.49. The summed E-state index contributed by atoms with van der Waals surface area (Å²) in [5.74, 6) is 0.573. The minimum atomic E-state index is -0.306. The highest BCUT2D eigenvalue weighted by Gasteiger charge is 2.23. The highest BCUT2D eigenvalue weighted by Crippen LogP contribution is 2.18. The molecule has 1 atom stereocenters. The van der Waals surface area contributed by atoms with Crippen LogP contribution in [0.1, 0.15) is 89.0 Å². The molecule has 0 aromatic heterocycles. The average molecular weight is 323 g/mol. The Morgan fingerprint density at radius 2 is 1.41 bits per heavy atom. The monoisotopic (exact) mass is 322 g/mol. The Hall–Kier alpha value is -0.120. The SMILES string of the molecule is C.C.CC.CC.CC1(C)OCCO1.CCCC1CCCOC1. The fourth-order valence-corrected chi connectivity index (χ4v) is 2.06. The van der Waals surface area contributed by atoms with Crippen molar-refractivity contribution in [3.8, 4) is 0 Å². The van der Waals surface area contributed by atoms with E-state index in [2.05, 4.69) is 6.92 Å². The van der Waals surface area contributed by atoms with Crippen LogP contribution in [0.3, 0.4) is 0 Å². The van der Waals surface area contributed by atoms with Gasteiger partial charge in [0.2, 0.25) is 0 Å². The molecule has 22 heavy (non-hydrogen) atoms. The Morgan fingerprint density at radius 3 is 1.68 bits per heavy atom. The molecule has 0 aromatic rings. The molecule has 0 amide bonds. The highest BCUT2D eigenvalue weighted by atomic mass is 16.7. The first-order chi connectivity index (χ1) is 9.64. The van der Waals surface area contributed by atoms with E-state index in [1.807, 2.05) is 41.5 Å². The number of hydrogen-bond donors (Lipinski definition) is 0. The van der Waals surface area contributed by atoms with Crippen LogP contribution in [0.15, 0.2) is 0 Å². The smallest absolute Gasteiger partial charge is 0.162 e. The minimum absolute atomic E-state index is 0. The molecule has 2 saturated heterocycles. The molecule has 2 heterocycles. The average Bonchev–Trinajstić information content (AvgIpc) is 2.90. The Bertz CT molecular complexity index is 165. The van der Waals surface area contributed by atoms with E-state index in [1.165, 1.54) is 25.7 Å². The Balaban J connectivity index is -0.000000113. The van der Waals surface area contributed by atoms with Gasteiger partial charge in [-0.3, -0.25) is 0 Å². The van der Waals surface area contributed by atoms with Gasteiger partial charge in [-0.15, -0.1) is 0 Å². The molecule has 0 saturated carbocycles. The number of hydrogen-bond acceptors (Lipinski definition) is 3. The summed E-state index contributed by atoms with van der Waals surface area (Å²) >= 11 is 0. The lowest BCUT2D eigenvalue weighted by molar-refractivity contribution is -0.125. The Morgan fingerprint density at radius 1 is 0.909 bits per heavy atom. The second kappa shape index (κ2) is 20.9. The van der Waals surface area contributed by atoms with Crippen molar-refractivity contribution < 1.29 is 14.2 Å². The maximum atomic E-state index is 5.33. The molecule has 0 N–H and O–H groups in total. The van der Waals surface area contributed by atoms with Crippen LogP contribution in [-0.4, -0.2) is 32.2 Å². The molecule has 0 bridgehead atoms. The summed E-state index contributed by atoms with van der Waals surface area (Å²) in [7, 11) is 0. The molecule has 2 fully saturated rings. The summed E-state index contributed by atoms with van der Waals surface area (Å²) in [6, 6.07) is 0. The van der Waals surface area contributed by atoms with Crippen LogP contribution in [0.2, 0.25) is 0 Å². The van der Waals surface area contributed by atoms with E-state index >= 15 is 0 Å². The van der Waals surface area contributed by atoms with Gasteiger partial charge < -0.3 is 14.2 Å². The molecular formula is C19H46O3. The van der Waals surface area contributed by atoms with Crippen LogP contribution in [0.5, 0.6) is 0 Å². The van der Waals surface area contributed by atoms with Crippen molar-refractivity contribution in [3.63, 3.8) is 0 Å². The van der Waals surface area contributed by atoms with Gasteiger partial charge in [0.25, 0.3) is 0 Å². The first-order valence-corrected chi connectivity index (χ1v) is 8.49. The largest absolute Gasteiger partial charge is 0.381 e. The molecule has 3 heteroatoms. The van der Waals surface area contributed by atoms with Crippen LogP contribution in [0, 0.1) is 5.92 Å². The molecule has 1 unspecified atom stereocenters. The lowest BCUT2D eigenvalue weighted by Crippen LogP contribution is -2.18. The van der Waals surface area contributed by atoms with Gasteiger partial charge in [0.1, 0.15) is 0 Å². The van der Waals surface area contributed by atoms with Crippen LogP contribution in [0.4, 0.5) is 0 Å². The third kappa shape index (κ3) is 17.9. The van der Waals surface area contributed by atoms with Crippen molar-refractivity contribution in [3.05, 3.63) is 0 Å². The number of rotatable bonds is 2. The lowest BCUT2D eigenvalue weighted by atomic mass is 9.98. The van der Waals surface area contributed by atoms with Crippen LogP contribution in [-0.2, 0) is 14.2 Å². The molecule has 0 radical (unpaired) electrons. The molecule has 2 rings (SSSR count). The quantitative estimate of drug-likeness (QED) is 0.596. The van der Waals surface area contributed by atoms with Crippen LogP contribution >= 0.6 is 0 Å². The minimum Gasteiger partial charge on any atom is -0.381 e. The third-order valence-corrected chi connectivity index (χ3v) is 2.93. The standard InChI is InChI=1S/C8H16O.C5H10O2.2C2H6.2CH4/c1-2-4-8-5-3-6-9-7-8;1-5(2)6-3-4-7-5;2*1-2;;/h8H,2-7H2,1H3;3-4H2,1-2H3;2*1-2H3;2*1H4.